The highest BCUT2D eigenvalue weighted by Gasteiger charge is 2.77. The van der Waals surface area contributed by atoms with Crippen LogP contribution in [0.5, 0.6) is 11.6 Å². The van der Waals surface area contributed by atoms with E-state index in [1.165, 1.54) is 18.7 Å². The molecule has 5 rings (SSSR count). The average molecular weight is 598 g/mol. The number of halogens is 4. The Bertz CT molecular complexity index is 1260. The number of nitrogens with one attached hydrogen (secondary N) is 1. The Balaban J connectivity index is 1.78. The zero-order chi connectivity index (χ0) is 26.5. The van der Waals surface area contributed by atoms with Crippen LogP contribution in [-0.2, 0) is 11.2 Å². The third kappa shape index (κ3) is 4.10. The molecule has 0 saturated heterocycles. The van der Waals surface area contributed by atoms with Gasteiger partial charge in [0.05, 0.1) is 25.3 Å². The van der Waals surface area contributed by atoms with Gasteiger partial charge in [-0.3, -0.25) is 0 Å². The smallest absolute Gasteiger partial charge is 0.250 e. The number of fused-ring (bicyclic) bond motifs is 3. The molecule has 6 nitrogen and oxygen atoms in total. The van der Waals surface area contributed by atoms with E-state index in [9.17, 15) is 19.0 Å². The number of ether oxygens (including phenoxy) is 2. The van der Waals surface area contributed by atoms with Crippen LogP contribution in [0.3, 0.4) is 0 Å². The van der Waals surface area contributed by atoms with Crippen LogP contribution in [0.15, 0.2) is 58.1 Å². The molecule has 1 fully saturated rings. The van der Waals surface area contributed by atoms with Crippen LogP contribution < -0.4 is 14.8 Å². The zero-order valence-corrected chi connectivity index (χ0v) is 22.7. The summed E-state index contributed by atoms with van der Waals surface area (Å²) in [7, 11) is 1.40. The standard InChI is InChI=1S/C27H28BrClF2N2O4/c1-14-3-5-15(6-4-14)22-18(12-32-13-21(30)31)24(34)26(35)23-19(11-20(29)33-25(23)36-2)37-27(22,26)16-7-9-17(28)10-8-16/h3,5,7-11,18,21-22,24,32,34-35H,4,6,12-13H2,1-2H3/t18-,22-,24-,26?,27+/m1/s1. The Hall–Kier alpha value is -2.04. The third-order valence-corrected chi connectivity index (χ3v) is 8.49. The van der Waals surface area contributed by atoms with Crippen LogP contribution in [0.25, 0.3) is 0 Å². The molecule has 3 aliphatic rings. The number of nitrogens with zero attached hydrogens (tertiary/aromatic N) is 1. The maximum atomic E-state index is 13.1. The van der Waals surface area contributed by atoms with Gasteiger partial charge in [0.1, 0.15) is 10.9 Å². The minimum Gasteiger partial charge on any atom is -0.481 e. The summed E-state index contributed by atoms with van der Waals surface area (Å²) < 4.78 is 39.2. The number of aliphatic hydroxyl groups excluding tert-OH is 1. The lowest BCUT2D eigenvalue weighted by Crippen LogP contribution is -2.53. The number of aliphatic hydroxyl groups is 2. The zero-order valence-electron chi connectivity index (χ0n) is 20.3. The van der Waals surface area contributed by atoms with E-state index in [0.29, 0.717) is 12.0 Å². The maximum absolute atomic E-state index is 13.1. The second kappa shape index (κ2) is 9.93. The second-order valence-corrected chi connectivity index (χ2v) is 11.1. The fourth-order valence-corrected chi connectivity index (χ4v) is 6.69. The number of benzene rings is 1. The molecule has 10 heteroatoms. The van der Waals surface area contributed by atoms with Gasteiger partial charge >= 0.3 is 0 Å². The lowest BCUT2D eigenvalue weighted by atomic mass is 9.69. The van der Waals surface area contributed by atoms with Crippen LogP contribution in [0.4, 0.5) is 8.78 Å². The van der Waals surface area contributed by atoms with E-state index in [2.05, 4.69) is 26.2 Å². The monoisotopic (exact) mass is 596 g/mol. The molecule has 1 unspecified atom stereocenters. The first kappa shape index (κ1) is 26.6. The molecular weight excluding hydrogens is 570 g/mol. The molecule has 5 atom stereocenters. The summed E-state index contributed by atoms with van der Waals surface area (Å²) in [5, 5.41) is 27.5. The Labute approximate surface area is 227 Å². The largest absolute Gasteiger partial charge is 0.481 e. The van der Waals surface area contributed by atoms with Crippen molar-refractivity contribution in [3.05, 3.63) is 74.4 Å². The molecule has 3 N–H and O–H groups in total. The predicted molar refractivity (Wildman–Crippen MR) is 139 cm³/mol. The number of rotatable bonds is 7. The molecule has 1 aromatic heterocycles. The topological polar surface area (TPSA) is 83.8 Å². The summed E-state index contributed by atoms with van der Waals surface area (Å²) in [6, 6.07) is 8.85. The summed E-state index contributed by atoms with van der Waals surface area (Å²) in [5.41, 5.74) is -0.539. The summed E-state index contributed by atoms with van der Waals surface area (Å²) >= 11 is 9.73. The minimum atomic E-state index is -2.55. The molecule has 1 aromatic carbocycles. The first-order valence-corrected chi connectivity index (χ1v) is 13.3. The molecule has 1 saturated carbocycles. The fraction of sp³-hybridized carbons (Fsp3) is 0.444. The highest BCUT2D eigenvalue weighted by atomic mass is 79.9. The number of hydrogen-bond donors (Lipinski definition) is 3. The summed E-state index contributed by atoms with van der Waals surface area (Å²) in [6.07, 6.45) is 1.53. The minimum absolute atomic E-state index is 0.0383. The van der Waals surface area contributed by atoms with E-state index in [1.54, 1.807) is 0 Å². The maximum Gasteiger partial charge on any atom is 0.250 e. The first-order chi connectivity index (χ1) is 17.6. The molecule has 0 radical (unpaired) electrons. The van der Waals surface area contributed by atoms with E-state index in [4.69, 9.17) is 21.1 Å². The van der Waals surface area contributed by atoms with Crippen molar-refractivity contribution < 1.29 is 28.5 Å². The van der Waals surface area contributed by atoms with E-state index >= 15 is 0 Å². The molecular formula is C27H28BrClF2N2O4. The van der Waals surface area contributed by atoms with Crippen molar-refractivity contribution in [2.24, 2.45) is 11.8 Å². The van der Waals surface area contributed by atoms with Gasteiger partial charge in [0.2, 0.25) is 5.88 Å². The van der Waals surface area contributed by atoms with Crippen LogP contribution in [0, 0.1) is 11.8 Å². The Morgan fingerprint density at radius 3 is 2.62 bits per heavy atom. The average Bonchev–Trinajstić information content (AvgIpc) is 3.22. The number of pyridine rings is 1. The number of alkyl halides is 2. The number of allylic oxidation sites excluding steroid dienone is 3. The van der Waals surface area contributed by atoms with E-state index in [0.717, 1.165) is 16.5 Å². The molecule has 2 aliphatic carbocycles. The van der Waals surface area contributed by atoms with Gasteiger partial charge in [-0.1, -0.05) is 63.0 Å². The van der Waals surface area contributed by atoms with Gasteiger partial charge in [0.25, 0.3) is 6.43 Å². The quantitative estimate of drug-likeness (QED) is 0.385. The van der Waals surface area contributed by atoms with Crippen molar-refractivity contribution >= 4 is 27.5 Å². The number of hydrogen-bond acceptors (Lipinski definition) is 6. The van der Waals surface area contributed by atoms with Crippen molar-refractivity contribution in [3.63, 3.8) is 0 Å². The van der Waals surface area contributed by atoms with Crippen molar-refractivity contribution in [1.82, 2.24) is 10.3 Å². The Morgan fingerprint density at radius 2 is 2.00 bits per heavy atom. The lowest BCUT2D eigenvalue weighted by molar-refractivity contribution is -0.155. The number of aromatic nitrogens is 1. The van der Waals surface area contributed by atoms with Crippen LogP contribution >= 0.6 is 27.5 Å². The van der Waals surface area contributed by atoms with Crippen LogP contribution in [0.2, 0.25) is 5.15 Å². The molecule has 0 spiro atoms. The Kier molecular flexibility index (Phi) is 7.13. The predicted octanol–water partition coefficient (Wildman–Crippen LogP) is 5.11. The molecule has 2 heterocycles. The summed E-state index contributed by atoms with van der Waals surface area (Å²) in [4.78, 5) is 4.25. The molecule has 0 amide bonds. The van der Waals surface area contributed by atoms with Crippen LogP contribution in [-0.4, -0.2) is 47.9 Å². The number of methoxy groups -OCH3 is 1. The molecule has 2 aromatic rings. The Morgan fingerprint density at radius 1 is 1.27 bits per heavy atom. The summed E-state index contributed by atoms with van der Waals surface area (Å²) in [5.74, 6) is -0.942. The van der Waals surface area contributed by atoms with Gasteiger partial charge in [0.15, 0.2) is 11.2 Å². The normalized spacial score (nSPS) is 30.5. The van der Waals surface area contributed by atoms with Crippen molar-refractivity contribution in [2.45, 2.75) is 43.5 Å². The molecule has 1 aliphatic heterocycles. The highest BCUT2D eigenvalue weighted by Crippen LogP contribution is 2.69. The summed E-state index contributed by atoms with van der Waals surface area (Å²) in [6.45, 7) is 1.55. The van der Waals surface area contributed by atoms with Gasteiger partial charge < -0.3 is 25.0 Å². The molecule has 198 valence electrons. The second-order valence-electron chi connectivity index (χ2n) is 9.83. The molecule has 37 heavy (non-hydrogen) atoms. The van der Waals surface area contributed by atoms with Gasteiger partial charge in [-0.05, 0) is 37.5 Å². The molecule has 0 bridgehead atoms. The SMILES string of the molecule is COc1nc(Cl)cc2c1C1(O)[C@H](O)[C@H](CNCC(F)F)[C@@H](C3=CC=C(C)CC3)[C@]1(c1ccc(Br)cc1)O2. The van der Waals surface area contributed by atoms with E-state index in [1.807, 2.05) is 43.3 Å². The van der Waals surface area contributed by atoms with Gasteiger partial charge in [-0.25, -0.2) is 13.8 Å². The van der Waals surface area contributed by atoms with Crippen molar-refractivity contribution in [3.8, 4) is 11.6 Å². The lowest BCUT2D eigenvalue weighted by Gasteiger charge is -2.42. The van der Waals surface area contributed by atoms with Gasteiger partial charge in [-0.2, -0.15) is 0 Å². The van der Waals surface area contributed by atoms with E-state index < -0.39 is 42.1 Å². The van der Waals surface area contributed by atoms with Crippen molar-refractivity contribution in [2.75, 3.05) is 20.2 Å². The van der Waals surface area contributed by atoms with Crippen molar-refractivity contribution in [1.29, 1.82) is 0 Å². The van der Waals surface area contributed by atoms with Gasteiger partial charge in [0, 0.05) is 28.9 Å². The van der Waals surface area contributed by atoms with E-state index in [-0.39, 0.29) is 28.9 Å². The first-order valence-electron chi connectivity index (χ1n) is 12.1. The fourth-order valence-electron chi connectivity index (χ4n) is 6.25. The third-order valence-electron chi connectivity index (χ3n) is 7.77. The van der Waals surface area contributed by atoms with Gasteiger partial charge in [-0.15, -0.1) is 0 Å². The van der Waals surface area contributed by atoms with Crippen LogP contribution in [0.1, 0.15) is 30.9 Å². The highest BCUT2D eigenvalue weighted by molar-refractivity contribution is 9.10.